The number of nitrogens with one attached hydrogen (secondary N) is 2. The maximum Gasteiger partial charge on any atom is 0.315 e. The van der Waals surface area contributed by atoms with Crippen LogP contribution in [0.4, 0.5) is 4.79 Å². The van der Waals surface area contributed by atoms with E-state index in [9.17, 15) is 4.79 Å². The fourth-order valence-electron chi connectivity index (χ4n) is 1.45. The fraction of sp³-hybridized carbons (Fsp3) is 0.154. The molecule has 6 nitrogen and oxygen atoms in total. The molecule has 104 valence electrons. The van der Waals surface area contributed by atoms with Crippen molar-refractivity contribution in [1.82, 2.24) is 20.8 Å². The first-order chi connectivity index (χ1) is 9.69. The lowest BCUT2D eigenvalue weighted by molar-refractivity contribution is 0.239. The van der Waals surface area contributed by atoms with Gasteiger partial charge < -0.3 is 15.2 Å². The smallest absolute Gasteiger partial charge is 0.315 e. The molecular formula is C13H13BrN4O2. The van der Waals surface area contributed by atoms with Crippen molar-refractivity contribution in [2.45, 2.75) is 6.54 Å². The van der Waals surface area contributed by atoms with E-state index in [2.05, 4.69) is 43.3 Å². The van der Waals surface area contributed by atoms with E-state index in [1.54, 1.807) is 6.08 Å². The van der Waals surface area contributed by atoms with E-state index in [0.29, 0.717) is 18.3 Å². The number of hydrogen-bond donors (Lipinski definition) is 2. The molecule has 0 saturated carbocycles. The Balaban J connectivity index is 1.95. The van der Waals surface area contributed by atoms with Gasteiger partial charge in [0.1, 0.15) is 0 Å². The number of carbonyl (C=O) groups is 1. The zero-order valence-electron chi connectivity index (χ0n) is 10.6. The molecular weight excluding hydrogens is 324 g/mol. The summed E-state index contributed by atoms with van der Waals surface area (Å²) in [5, 5.41) is 9.06. The van der Waals surface area contributed by atoms with Crippen LogP contribution >= 0.6 is 15.9 Å². The van der Waals surface area contributed by atoms with Gasteiger partial charge in [-0.3, -0.25) is 0 Å². The van der Waals surface area contributed by atoms with Gasteiger partial charge >= 0.3 is 6.03 Å². The molecule has 2 rings (SSSR count). The molecule has 0 aliphatic heterocycles. The summed E-state index contributed by atoms with van der Waals surface area (Å²) in [5.74, 6) is 0.823. The summed E-state index contributed by atoms with van der Waals surface area (Å²) in [6.07, 6.45) is 1.59. The first-order valence-corrected chi connectivity index (χ1v) is 6.69. The van der Waals surface area contributed by atoms with E-state index in [1.807, 2.05) is 24.3 Å². The van der Waals surface area contributed by atoms with Gasteiger partial charge in [-0.1, -0.05) is 39.3 Å². The predicted molar refractivity (Wildman–Crippen MR) is 77.9 cm³/mol. The van der Waals surface area contributed by atoms with Crippen LogP contribution in [0.15, 0.2) is 45.9 Å². The number of aromatic nitrogens is 2. The molecule has 0 aliphatic rings. The van der Waals surface area contributed by atoms with E-state index in [4.69, 9.17) is 4.52 Å². The summed E-state index contributed by atoms with van der Waals surface area (Å²) in [5.41, 5.74) is 0.838. The third-order valence-corrected chi connectivity index (χ3v) is 2.85. The molecule has 7 heteroatoms. The van der Waals surface area contributed by atoms with Crippen LogP contribution in [0.2, 0.25) is 0 Å². The second-order valence-corrected chi connectivity index (χ2v) is 4.79. The van der Waals surface area contributed by atoms with E-state index >= 15 is 0 Å². The Hall–Kier alpha value is -2.15. The number of amides is 2. The third kappa shape index (κ3) is 3.92. The van der Waals surface area contributed by atoms with Crippen LogP contribution in [0, 0.1) is 0 Å². The second kappa shape index (κ2) is 6.85. The lowest BCUT2D eigenvalue weighted by Gasteiger charge is -2.01. The van der Waals surface area contributed by atoms with Crippen LogP contribution in [0.3, 0.4) is 0 Å². The average Bonchev–Trinajstić information content (AvgIpc) is 2.92. The van der Waals surface area contributed by atoms with Crippen molar-refractivity contribution < 1.29 is 9.32 Å². The highest BCUT2D eigenvalue weighted by molar-refractivity contribution is 9.10. The maximum absolute atomic E-state index is 11.3. The highest BCUT2D eigenvalue weighted by Gasteiger charge is 2.09. The van der Waals surface area contributed by atoms with Gasteiger partial charge in [-0.05, 0) is 12.1 Å². The standard InChI is InChI=1S/C13H13BrN4O2/c1-2-6-15-13(19)16-8-11-17-12(18-20-11)9-4-3-5-10(14)7-9/h2-5,7H,1,6,8H2,(H2,15,16,19). The van der Waals surface area contributed by atoms with Crippen molar-refractivity contribution in [3.8, 4) is 11.4 Å². The van der Waals surface area contributed by atoms with Crippen molar-refractivity contribution in [3.05, 3.63) is 47.3 Å². The van der Waals surface area contributed by atoms with Crippen LogP contribution in [0.25, 0.3) is 11.4 Å². The monoisotopic (exact) mass is 336 g/mol. The quantitative estimate of drug-likeness (QED) is 0.822. The van der Waals surface area contributed by atoms with E-state index < -0.39 is 0 Å². The lowest BCUT2D eigenvalue weighted by atomic mass is 10.2. The van der Waals surface area contributed by atoms with Gasteiger partial charge in [0.25, 0.3) is 0 Å². The molecule has 0 saturated heterocycles. The predicted octanol–water partition coefficient (Wildman–Crippen LogP) is 2.48. The Morgan fingerprint density at radius 1 is 1.45 bits per heavy atom. The Morgan fingerprint density at radius 3 is 3.05 bits per heavy atom. The Morgan fingerprint density at radius 2 is 2.30 bits per heavy atom. The van der Waals surface area contributed by atoms with Gasteiger partial charge in [0.2, 0.25) is 11.7 Å². The molecule has 2 N–H and O–H groups in total. The van der Waals surface area contributed by atoms with Crippen LogP contribution in [0.5, 0.6) is 0 Å². The summed E-state index contributed by atoms with van der Waals surface area (Å²) in [6, 6.07) is 7.25. The van der Waals surface area contributed by atoms with Crippen LogP contribution < -0.4 is 10.6 Å². The van der Waals surface area contributed by atoms with Gasteiger partial charge in [-0.25, -0.2) is 4.79 Å². The van der Waals surface area contributed by atoms with Gasteiger partial charge in [0.05, 0.1) is 6.54 Å². The molecule has 2 aromatic rings. The summed E-state index contributed by atoms with van der Waals surface area (Å²) < 4.78 is 6.01. The number of benzene rings is 1. The average molecular weight is 337 g/mol. The van der Waals surface area contributed by atoms with Gasteiger partial charge in [-0.15, -0.1) is 6.58 Å². The molecule has 1 aromatic carbocycles. The van der Waals surface area contributed by atoms with Crippen molar-refractivity contribution in [3.63, 3.8) is 0 Å². The minimum Gasteiger partial charge on any atom is -0.337 e. The molecule has 2 amide bonds. The number of rotatable bonds is 5. The molecule has 1 aromatic heterocycles. The lowest BCUT2D eigenvalue weighted by Crippen LogP contribution is -2.35. The molecule has 0 atom stereocenters. The first-order valence-electron chi connectivity index (χ1n) is 5.90. The molecule has 0 spiro atoms. The highest BCUT2D eigenvalue weighted by Crippen LogP contribution is 2.20. The van der Waals surface area contributed by atoms with Crippen molar-refractivity contribution >= 4 is 22.0 Å². The molecule has 0 aliphatic carbocycles. The molecule has 0 unspecified atom stereocenters. The number of hydrogen-bond acceptors (Lipinski definition) is 4. The number of urea groups is 1. The summed E-state index contributed by atoms with van der Waals surface area (Å²) >= 11 is 3.38. The normalized spacial score (nSPS) is 10.1. The van der Waals surface area contributed by atoms with Crippen molar-refractivity contribution in [1.29, 1.82) is 0 Å². The number of nitrogens with zero attached hydrogens (tertiary/aromatic N) is 2. The van der Waals surface area contributed by atoms with Crippen LogP contribution in [-0.4, -0.2) is 22.7 Å². The van der Waals surface area contributed by atoms with E-state index in [0.717, 1.165) is 10.0 Å². The largest absolute Gasteiger partial charge is 0.337 e. The molecule has 0 fully saturated rings. The van der Waals surface area contributed by atoms with Gasteiger partial charge in [-0.2, -0.15) is 4.98 Å². The Labute approximate surface area is 124 Å². The first kappa shape index (κ1) is 14.3. The van der Waals surface area contributed by atoms with Crippen molar-refractivity contribution in [2.24, 2.45) is 0 Å². The number of carbonyl (C=O) groups excluding carboxylic acids is 1. The highest BCUT2D eigenvalue weighted by atomic mass is 79.9. The molecule has 20 heavy (non-hydrogen) atoms. The van der Waals surface area contributed by atoms with Crippen LogP contribution in [-0.2, 0) is 6.54 Å². The van der Waals surface area contributed by atoms with Crippen molar-refractivity contribution in [2.75, 3.05) is 6.54 Å². The summed E-state index contributed by atoms with van der Waals surface area (Å²) in [6.45, 7) is 4.08. The Bertz CT molecular complexity index is 612. The SMILES string of the molecule is C=CCNC(=O)NCc1nc(-c2cccc(Br)c2)no1. The summed E-state index contributed by atoms with van der Waals surface area (Å²) in [7, 11) is 0. The maximum atomic E-state index is 11.3. The minimum absolute atomic E-state index is 0.171. The van der Waals surface area contributed by atoms with Crippen LogP contribution in [0.1, 0.15) is 5.89 Å². The summed E-state index contributed by atoms with van der Waals surface area (Å²) in [4.78, 5) is 15.5. The molecule has 0 bridgehead atoms. The number of halogens is 1. The molecule has 0 radical (unpaired) electrons. The van der Waals surface area contributed by atoms with E-state index in [-0.39, 0.29) is 12.6 Å². The molecule has 1 heterocycles. The van der Waals surface area contributed by atoms with Gasteiger partial charge in [0, 0.05) is 16.6 Å². The Kier molecular flexibility index (Phi) is 4.89. The van der Waals surface area contributed by atoms with E-state index in [1.165, 1.54) is 0 Å². The zero-order chi connectivity index (χ0) is 14.4. The topological polar surface area (TPSA) is 80.0 Å². The van der Waals surface area contributed by atoms with Gasteiger partial charge in [0.15, 0.2) is 0 Å². The minimum atomic E-state index is -0.313. The second-order valence-electron chi connectivity index (χ2n) is 3.87. The third-order valence-electron chi connectivity index (χ3n) is 2.36. The fourth-order valence-corrected chi connectivity index (χ4v) is 1.85. The zero-order valence-corrected chi connectivity index (χ0v) is 12.2.